The van der Waals surface area contributed by atoms with Crippen LogP contribution >= 0.6 is 0 Å². The van der Waals surface area contributed by atoms with Gasteiger partial charge in [-0.1, -0.05) is 26.0 Å². The second kappa shape index (κ2) is 8.85. The monoisotopic (exact) mass is 347 g/mol. The molecular formula is C19H29N3O3. The predicted molar refractivity (Wildman–Crippen MR) is 98.9 cm³/mol. The Morgan fingerprint density at radius 1 is 1.20 bits per heavy atom. The van der Waals surface area contributed by atoms with E-state index in [4.69, 9.17) is 5.11 Å². The number of aliphatic carboxylic acids is 1. The third kappa shape index (κ3) is 5.74. The van der Waals surface area contributed by atoms with Crippen LogP contribution in [0.25, 0.3) is 0 Å². The lowest BCUT2D eigenvalue weighted by Crippen LogP contribution is -2.48. The molecule has 0 unspecified atom stereocenters. The highest BCUT2D eigenvalue weighted by Crippen LogP contribution is 2.17. The molecule has 1 aliphatic heterocycles. The van der Waals surface area contributed by atoms with E-state index in [-0.39, 0.29) is 11.8 Å². The molecule has 2 rings (SSSR count). The van der Waals surface area contributed by atoms with Gasteiger partial charge in [-0.15, -0.1) is 0 Å². The standard InChI is InChI=1S/C19H29N3O3/c1-14(2)18(19(24)25)20-17(23)7-8-21-9-11-22(12-10-21)16-6-4-5-15(3)13-16/h4-6,13-14,18H,7-12H2,1-3H3,(H,20,23)(H,24,25)/t18-/m0/s1. The number of nitrogens with one attached hydrogen (secondary N) is 1. The molecular weight excluding hydrogens is 318 g/mol. The third-order valence-corrected chi connectivity index (χ3v) is 4.64. The number of carboxylic acids is 1. The SMILES string of the molecule is Cc1cccc(N2CCN(CCC(=O)N[C@H](C(=O)O)C(C)C)CC2)c1. The summed E-state index contributed by atoms with van der Waals surface area (Å²) in [5.41, 5.74) is 2.51. The molecule has 1 amide bonds. The average Bonchev–Trinajstić information content (AvgIpc) is 2.57. The van der Waals surface area contributed by atoms with E-state index in [0.717, 1.165) is 26.2 Å². The van der Waals surface area contributed by atoms with Crippen molar-refractivity contribution < 1.29 is 14.7 Å². The van der Waals surface area contributed by atoms with Crippen molar-refractivity contribution >= 4 is 17.6 Å². The van der Waals surface area contributed by atoms with Crippen LogP contribution < -0.4 is 10.2 Å². The van der Waals surface area contributed by atoms with Crippen LogP contribution in [0.1, 0.15) is 25.8 Å². The minimum Gasteiger partial charge on any atom is -0.480 e. The summed E-state index contributed by atoms with van der Waals surface area (Å²) in [5, 5.41) is 11.8. The summed E-state index contributed by atoms with van der Waals surface area (Å²) >= 11 is 0. The summed E-state index contributed by atoms with van der Waals surface area (Å²) in [6.07, 6.45) is 0.334. The topological polar surface area (TPSA) is 72.9 Å². The first-order valence-corrected chi connectivity index (χ1v) is 8.93. The number of carboxylic acid groups (broad SMARTS) is 1. The maximum atomic E-state index is 12.0. The summed E-state index contributed by atoms with van der Waals surface area (Å²) < 4.78 is 0. The van der Waals surface area contributed by atoms with Crippen LogP contribution in [0.3, 0.4) is 0 Å². The van der Waals surface area contributed by atoms with Gasteiger partial charge in [-0.3, -0.25) is 9.69 Å². The number of nitrogens with zero attached hydrogens (tertiary/aromatic N) is 2. The van der Waals surface area contributed by atoms with E-state index >= 15 is 0 Å². The normalized spacial score (nSPS) is 16.7. The lowest BCUT2D eigenvalue weighted by molar-refractivity contribution is -0.143. The molecule has 0 saturated carbocycles. The zero-order valence-corrected chi connectivity index (χ0v) is 15.4. The molecule has 1 fully saturated rings. The van der Waals surface area contributed by atoms with Crippen molar-refractivity contribution in [3.8, 4) is 0 Å². The Labute approximate surface area is 149 Å². The van der Waals surface area contributed by atoms with Gasteiger partial charge in [0.15, 0.2) is 0 Å². The van der Waals surface area contributed by atoms with Gasteiger partial charge in [0.1, 0.15) is 6.04 Å². The van der Waals surface area contributed by atoms with E-state index < -0.39 is 12.0 Å². The van der Waals surface area contributed by atoms with Crippen molar-refractivity contribution in [2.45, 2.75) is 33.2 Å². The van der Waals surface area contributed by atoms with E-state index in [1.807, 2.05) is 0 Å². The quantitative estimate of drug-likeness (QED) is 0.786. The summed E-state index contributed by atoms with van der Waals surface area (Å²) in [6.45, 7) is 10.1. The highest BCUT2D eigenvalue weighted by atomic mass is 16.4. The van der Waals surface area contributed by atoms with Crippen LogP contribution in [0, 0.1) is 12.8 Å². The lowest BCUT2D eigenvalue weighted by atomic mass is 10.0. The number of hydrogen-bond donors (Lipinski definition) is 2. The van der Waals surface area contributed by atoms with Crippen molar-refractivity contribution in [1.29, 1.82) is 0 Å². The van der Waals surface area contributed by atoms with Gasteiger partial charge >= 0.3 is 5.97 Å². The number of carbonyl (C=O) groups excluding carboxylic acids is 1. The molecule has 0 bridgehead atoms. The fourth-order valence-corrected chi connectivity index (χ4v) is 3.07. The predicted octanol–water partition coefficient (Wildman–Crippen LogP) is 1.73. The Morgan fingerprint density at radius 3 is 2.44 bits per heavy atom. The number of rotatable bonds is 7. The number of piperazine rings is 1. The minimum atomic E-state index is -0.977. The molecule has 138 valence electrons. The van der Waals surface area contributed by atoms with Gasteiger partial charge in [0.05, 0.1) is 0 Å². The van der Waals surface area contributed by atoms with Crippen molar-refractivity contribution in [3.63, 3.8) is 0 Å². The number of hydrogen-bond acceptors (Lipinski definition) is 4. The molecule has 6 nitrogen and oxygen atoms in total. The van der Waals surface area contributed by atoms with Crippen molar-refractivity contribution in [2.24, 2.45) is 5.92 Å². The third-order valence-electron chi connectivity index (χ3n) is 4.64. The van der Waals surface area contributed by atoms with Crippen molar-refractivity contribution in [3.05, 3.63) is 29.8 Å². The molecule has 6 heteroatoms. The van der Waals surface area contributed by atoms with E-state index in [1.165, 1.54) is 11.3 Å². The first kappa shape index (κ1) is 19.2. The zero-order valence-electron chi connectivity index (χ0n) is 15.4. The van der Waals surface area contributed by atoms with Gasteiger partial charge in [-0.25, -0.2) is 4.79 Å². The summed E-state index contributed by atoms with van der Waals surface area (Å²) in [7, 11) is 0. The maximum absolute atomic E-state index is 12.0. The van der Waals surface area contributed by atoms with Crippen LogP contribution in [0.4, 0.5) is 5.69 Å². The first-order chi connectivity index (χ1) is 11.9. The highest BCUT2D eigenvalue weighted by molar-refractivity contribution is 5.83. The van der Waals surface area contributed by atoms with E-state index in [9.17, 15) is 9.59 Å². The van der Waals surface area contributed by atoms with Crippen LogP contribution in [0.2, 0.25) is 0 Å². The Hall–Kier alpha value is -2.08. The van der Waals surface area contributed by atoms with Crippen molar-refractivity contribution in [2.75, 3.05) is 37.6 Å². The molecule has 1 aromatic carbocycles. The van der Waals surface area contributed by atoms with E-state index in [2.05, 4.69) is 46.3 Å². The Kier molecular flexibility index (Phi) is 6.82. The molecule has 1 saturated heterocycles. The molecule has 1 aliphatic rings. The maximum Gasteiger partial charge on any atom is 0.326 e. The van der Waals surface area contributed by atoms with Gasteiger partial charge in [0.25, 0.3) is 0 Å². The molecule has 25 heavy (non-hydrogen) atoms. The summed E-state index contributed by atoms with van der Waals surface area (Å²) in [5.74, 6) is -1.29. The van der Waals surface area contributed by atoms with Gasteiger partial charge in [-0.05, 0) is 30.5 Å². The largest absolute Gasteiger partial charge is 0.480 e. The number of carbonyl (C=O) groups is 2. The molecule has 1 atom stereocenters. The zero-order chi connectivity index (χ0) is 18.4. The average molecular weight is 347 g/mol. The second-order valence-electron chi connectivity index (χ2n) is 7.05. The molecule has 1 aromatic rings. The number of anilines is 1. The fraction of sp³-hybridized carbons (Fsp3) is 0.579. The van der Waals surface area contributed by atoms with Gasteiger partial charge < -0.3 is 15.3 Å². The highest BCUT2D eigenvalue weighted by Gasteiger charge is 2.24. The molecule has 2 N–H and O–H groups in total. The smallest absolute Gasteiger partial charge is 0.326 e. The molecule has 0 radical (unpaired) electrons. The van der Waals surface area contributed by atoms with Crippen LogP contribution in [0.15, 0.2) is 24.3 Å². The van der Waals surface area contributed by atoms with Gasteiger partial charge in [-0.2, -0.15) is 0 Å². The lowest BCUT2D eigenvalue weighted by Gasteiger charge is -2.36. The Balaban J connectivity index is 1.75. The van der Waals surface area contributed by atoms with Gasteiger partial charge in [0.2, 0.25) is 5.91 Å². The Bertz CT molecular complexity index is 595. The second-order valence-corrected chi connectivity index (χ2v) is 7.05. The summed E-state index contributed by atoms with van der Waals surface area (Å²) in [6, 6.07) is 7.69. The molecule has 1 heterocycles. The van der Waals surface area contributed by atoms with Crippen LogP contribution in [-0.4, -0.2) is 60.6 Å². The van der Waals surface area contributed by atoms with Crippen LogP contribution in [-0.2, 0) is 9.59 Å². The van der Waals surface area contributed by atoms with Crippen molar-refractivity contribution in [1.82, 2.24) is 10.2 Å². The number of benzene rings is 1. The molecule has 0 aliphatic carbocycles. The molecule has 0 spiro atoms. The molecule has 0 aromatic heterocycles. The van der Waals surface area contributed by atoms with E-state index in [0.29, 0.717) is 13.0 Å². The van der Waals surface area contributed by atoms with Crippen LogP contribution in [0.5, 0.6) is 0 Å². The Morgan fingerprint density at radius 2 is 1.88 bits per heavy atom. The first-order valence-electron chi connectivity index (χ1n) is 8.93. The summed E-state index contributed by atoms with van der Waals surface area (Å²) in [4.78, 5) is 27.8. The van der Waals surface area contributed by atoms with E-state index in [1.54, 1.807) is 13.8 Å². The fourth-order valence-electron chi connectivity index (χ4n) is 3.07. The minimum absolute atomic E-state index is 0.126. The van der Waals surface area contributed by atoms with Gasteiger partial charge in [0, 0.05) is 44.8 Å². The number of amides is 1. The number of aryl methyl sites for hydroxylation is 1.